The van der Waals surface area contributed by atoms with E-state index < -0.39 is 11.9 Å². The molecule has 0 bridgehead atoms. The Morgan fingerprint density at radius 3 is 2.48 bits per heavy atom. The van der Waals surface area contributed by atoms with E-state index in [9.17, 15) is 9.59 Å². The highest BCUT2D eigenvalue weighted by atomic mass is 35.5. The van der Waals surface area contributed by atoms with Crippen LogP contribution in [-0.4, -0.2) is 30.3 Å². The number of aromatic carboxylic acids is 1. The highest BCUT2D eigenvalue weighted by molar-refractivity contribution is 6.33. The Morgan fingerprint density at radius 2 is 1.81 bits per heavy atom. The molecule has 7 nitrogen and oxygen atoms in total. The number of carboxylic acid groups (broad SMARTS) is 1. The fourth-order valence-corrected chi connectivity index (χ4v) is 2.88. The minimum Gasteiger partial charge on any atom is -0.493 e. The van der Waals surface area contributed by atoms with E-state index in [0.717, 1.165) is 5.56 Å². The quantitative estimate of drug-likeness (QED) is 0.401. The third kappa shape index (κ3) is 5.83. The number of amides is 1. The molecule has 3 aromatic rings. The van der Waals surface area contributed by atoms with Crippen molar-refractivity contribution < 1.29 is 24.2 Å². The molecule has 0 fully saturated rings. The summed E-state index contributed by atoms with van der Waals surface area (Å²) in [4.78, 5) is 23.0. The predicted molar refractivity (Wildman–Crippen MR) is 117 cm³/mol. The molecule has 3 rings (SSSR count). The first kappa shape index (κ1) is 21.9. The maximum atomic E-state index is 12.1. The maximum Gasteiger partial charge on any atom is 0.335 e. The van der Waals surface area contributed by atoms with Crippen LogP contribution in [0.25, 0.3) is 0 Å². The number of benzene rings is 3. The molecule has 1 amide bonds. The molecule has 0 unspecified atom stereocenters. The second kappa shape index (κ2) is 10.3. The summed E-state index contributed by atoms with van der Waals surface area (Å²) in [5.74, 6) is -0.386. The standard InChI is InChI=1S/C23H19ClN2O5/c1-30-21-12-16(13-25-26-22(27)18-4-2-3-5-19(18)24)8-11-20(21)31-14-15-6-9-17(10-7-15)23(28)29/h2-13H,14H2,1H3,(H,26,27)(H,28,29)/b25-13-. The lowest BCUT2D eigenvalue weighted by Gasteiger charge is -2.11. The molecule has 0 saturated carbocycles. The van der Waals surface area contributed by atoms with Crippen molar-refractivity contribution in [3.8, 4) is 11.5 Å². The van der Waals surface area contributed by atoms with Crippen molar-refractivity contribution in [1.29, 1.82) is 0 Å². The van der Waals surface area contributed by atoms with Crippen LogP contribution in [0.15, 0.2) is 71.8 Å². The van der Waals surface area contributed by atoms with Gasteiger partial charge in [0.2, 0.25) is 0 Å². The van der Waals surface area contributed by atoms with E-state index in [0.29, 0.717) is 27.6 Å². The number of hydrazone groups is 1. The molecule has 0 radical (unpaired) electrons. The Kier molecular flexibility index (Phi) is 7.24. The highest BCUT2D eigenvalue weighted by Gasteiger charge is 2.09. The molecule has 0 aliphatic carbocycles. The summed E-state index contributed by atoms with van der Waals surface area (Å²) in [6.07, 6.45) is 1.48. The van der Waals surface area contributed by atoms with Gasteiger partial charge in [-0.15, -0.1) is 0 Å². The lowest BCUT2D eigenvalue weighted by atomic mass is 10.1. The number of methoxy groups -OCH3 is 1. The molecular formula is C23H19ClN2O5. The monoisotopic (exact) mass is 438 g/mol. The molecule has 2 N–H and O–H groups in total. The Labute approximate surface area is 183 Å². The van der Waals surface area contributed by atoms with Gasteiger partial charge in [0, 0.05) is 0 Å². The lowest BCUT2D eigenvalue weighted by Crippen LogP contribution is -2.17. The van der Waals surface area contributed by atoms with Gasteiger partial charge in [-0.3, -0.25) is 4.79 Å². The van der Waals surface area contributed by atoms with E-state index in [1.54, 1.807) is 54.6 Å². The SMILES string of the molecule is COc1cc(/C=N\NC(=O)c2ccccc2Cl)ccc1OCc1ccc(C(=O)O)cc1. The molecule has 8 heteroatoms. The summed E-state index contributed by atoms with van der Waals surface area (Å²) < 4.78 is 11.2. The van der Waals surface area contributed by atoms with E-state index in [1.807, 2.05) is 0 Å². The van der Waals surface area contributed by atoms with Crippen LogP contribution in [0.4, 0.5) is 0 Å². The van der Waals surface area contributed by atoms with Crippen molar-refractivity contribution in [1.82, 2.24) is 5.43 Å². The largest absolute Gasteiger partial charge is 0.493 e. The average molecular weight is 439 g/mol. The summed E-state index contributed by atoms with van der Waals surface area (Å²) in [6.45, 7) is 0.248. The number of nitrogens with one attached hydrogen (secondary N) is 1. The van der Waals surface area contributed by atoms with Crippen LogP contribution >= 0.6 is 11.6 Å². The summed E-state index contributed by atoms with van der Waals surface area (Å²) in [7, 11) is 1.52. The number of halogens is 1. The number of carbonyl (C=O) groups is 2. The number of hydrogen-bond donors (Lipinski definition) is 2. The number of nitrogens with zero attached hydrogens (tertiary/aromatic N) is 1. The zero-order valence-electron chi connectivity index (χ0n) is 16.5. The smallest absolute Gasteiger partial charge is 0.335 e. The maximum absolute atomic E-state index is 12.1. The third-order valence-electron chi connectivity index (χ3n) is 4.28. The molecule has 0 aliphatic rings. The first-order chi connectivity index (χ1) is 15.0. The fourth-order valence-electron chi connectivity index (χ4n) is 2.66. The number of carboxylic acids is 1. The minimum atomic E-state index is -0.977. The van der Waals surface area contributed by atoms with Crippen molar-refractivity contribution in [2.24, 2.45) is 5.10 Å². The highest BCUT2D eigenvalue weighted by Crippen LogP contribution is 2.28. The number of carbonyl (C=O) groups excluding carboxylic acids is 1. The molecular weight excluding hydrogens is 420 g/mol. The second-order valence-corrected chi connectivity index (χ2v) is 6.79. The molecule has 158 valence electrons. The summed E-state index contributed by atoms with van der Waals surface area (Å²) in [6, 6.07) is 18.3. The molecule has 0 atom stereocenters. The van der Waals surface area contributed by atoms with Crippen molar-refractivity contribution in [2.45, 2.75) is 6.61 Å². The van der Waals surface area contributed by atoms with Crippen molar-refractivity contribution in [3.63, 3.8) is 0 Å². The van der Waals surface area contributed by atoms with Gasteiger partial charge in [-0.1, -0.05) is 35.9 Å². The molecule has 0 aliphatic heterocycles. The van der Waals surface area contributed by atoms with Crippen LogP contribution in [0.2, 0.25) is 5.02 Å². The van der Waals surface area contributed by atoms with Crippen LogP contribution in [0.1, 0.15) is 31.8 Å². The van der Waals surface area contributed by atoms with Gasteiger partial charge in [-0.05, 0) is 53.6 Å². The van der Waals surface area contributed by atoms with Crippen molar-refractivity contribution in [3.05, 3.63) is 94.0 Å². The zero-order chi connectivity index (χ0) is 22.2. The van der Waals surface area contributed by atoms with Crippen LogP contribution < -0.4 is 14.9 Å². The Bertz CT molecular complexity index is 1110. The normalized spacial score (nSPS) is 10.6. The van der Waals surface area contributed by atoms with Gasteiger partial charge in [0.1, 0.15) is 6.61 Å². The van der Waals surface area contributed by atoms with E-state index in [4.69, 9.17) is 26.2 Å². The van der Waals surface area contributed by atoms with Crippen LogP contribution in [-0.2, 0) is 6.61 Å². The van der Waals surface area contributed by atoms with Gasteiger partial charge < -0.3 is 14.6 Å². The second-order valence-electron chi connectivity index (χ2n) is 6.38. The molecule has 0 aromatic heterocycles. The van der Waals surface area contributed by atoms with Gasteiger partial charge in [-0.25, -0.2) is 10.2 Å². The summed E-state index contributed by atoms with van der Waals surface area (Å²) in [5, 5.41) is 13.2. The molecule has 0 spiro atoms. The van der Waals surface area contributed by atoms with Gasteiger partial charge >= 0.3 is 5.97 Å². The van der Waals surface area contributed by atoms with E-state index in [2.05, 4.69) is 10.5 Å². The van der Waals surface area contributed by atoms with E-state index in [1.165, 1.54) is 25.5 Å². The zero-order valence-corrected chi connectivity index (χ0v) is 17.3. The molecule has 0 heterocycles. The topological polar surface area (TPSA) is 97.2 Å². The van der Waals surface area contributed by atoms with Crippen molar-refractivity contribution >= 4 is 29.7 Å². The first-order valence-corrected chi connectivity index (χ1v) is 9.56. The number of hydrogen-bond acceptors (Lipinski definition) is 5. The van der Waals surface area contributed by atoms with Gasteiger partial charge in [-0.2, -0.15) is 5.10 Å². The first-order valence-electron chi connectivity index (χ1n) is 9.19. The van der Waals surface area contributed by atoms with Gasteiger partial charge in [0.25, 0.3) is 5.91 Å². The number of ether oxygens (including phenoxy) is 2. The Balaban J connectivity index is 1.62. The van der Waals surface area contributed by atoms with E-state index >= 15 is 0 Å². The van der Waals surface area contributed by atoms with Crippen LogP contribution in [0.3, 0.4) is 0 Å². The fraction of sp³-hybridized carbons (Fsp3) is 0.0870. The Morgan fingerprint density at radius 1 is 1.06 bits per heavy atom. The predicted octanol–water partition coefficient (Wildman–Crippen LogP) is 4.39. The third-order valence-corrected chi connectivity index (χ3v) is 4.61. The Hall–Kier alpha value is -3.84. The minimum absolute atomic E-state index is 0.214. The van der Waals surface area contributed by atoms with Crippen LogP contribution in [0.5, 0.6) is 11.5 Å². The summed E-state index contributed by atoms with van der Waals surface area (Å²) in [5.41, 5.74) is 4.49. The molecule has 3 aromatic carbocycles. The lowest BCUT2D eigenvalue weighted by molar-refractivity contribution is 0.0696. The van der Waals surface area contributed by atoms with Crippen LogP contribution in [0, 0.1) is 0 Å². The molecule has 0 saturated heterocycles. The van der Waals surface area contributed by atoms with Crippen molar-refractivity contribution in [2.75, 3.05) is 7.11 Å². The van der Waals surface area contributed by atoms with Gasteiger partial charge in [0.15, 0.2) is 11.5 Å². The van der Waals surface area contributed by atoms with E-state index in [-0.39, 0.29) is 12.2 Å². The molecule has 31 heavy (non-hydrogen) atoms. The number of rotatable bonds is 8. The average Bonchev–Trinajstić information content (AvgIpc) is 2.78. The van der Waals surface area contributed by atoms with Gasteiger partial charge in [0.05, 0.1) is 29.5 Å². The summed E-state index contributed by atoms with van der Waals surface area (Å²) >= 11 is 6.00.